The number of nitrogens with zero attached hydrogens (tertiary/aromatic N) is 1. The van der Waals surface area contributed by atoms with Gasteiger partial charge < -0.3 is 0 Å². The molecule has 0 aliphatic heterocycles. The van der Waals surface area contributed by atoms with Crippen molar-refractivity contribution in [2.75, 3.05) is 0 Å². The van der Waals surface area contributed by atoms with Crippen molar-refractivity contribution in [3.05, 3.63) is 70.3 Å². The fourth-order valence-electron chi connectivity index (χ4n) is 2.02. The normalized spacial score (nSPS) is 10.8. The van der Waals surface area contributed by atoms with Crippen molar-refractivity contribution in [1.29, 1.82) is 0 Å². The Hall–Kier alpha value is -2.42. The van der Waals surface area contributed by atoms with Gasteiger partial charge in [0.25, 0.3) is 5.91 Å². The topological polar surface area (TPSA) is 41.5 Å². The van der Waals surface area contributed by atoms with Crippen LogP contribution in [0, 0.1) is 13.8 Å². The lowest BCUT2D eigenvalue weighted by Crippen LogP contribution is -2.17. The van der Waals surface area contributed by atoms with Crippen LogP contribution in [0.3, 0.4) is 0 Å². The molecule has 0 bridgehead atoms. The standard InChI is InChI=1S/C18H20N2O/c1-4-15-7-9-16(10-8-15)18(21)20-19-12-17-11-13(2)5-6-14(17)3/h5-12H,4H2,1-3H3,(H,20,21)/b19-12-. The number of carbonyl (C=O) groups excluding carboxylic acids is 1. The van der Waals surface area contributed by atoms with Crippen molar-refractivity contribution in [2.45, 2.75) is 27.2 Å². The number of nitrogens with one attached hydrogen (secondary N) is 1. The van der Waals surface area contributed by atoms with E-state index >= 15 is 0 Å². The van der Waals surface area contributed by atoms with Crippen molar-refractivity contribution in [2.24, 2.45) is 5.10 Å². The average Bonchev–Trinajstić information content (AvgIpc) is 2.50. The number of hydrogen-bond acceptors (Lipinski definition) is 2. The highest BCUT2D eigenvalue weighted by atomic mass is 16.2. The van der Waals surface area contributed by atoms with Gasteiger partial charge in [0.2, 0.25) is 0 Å². The zero-order valence-electron chi connectivity index (χ0n) is 12.7. The number of aryl methyl sites for hydroxylation is 3. The van der Waals surface area contributed by atoms with Crippen molar-refractivity contribution in [3.8, 4) is 0 Å². The Balaban J connectivity index is 2.02. The largest absolute Gasteiger partial charge is 0.271 e. The summed E-state index contributed by atoms with van der Waals surface area (Å²) in [5.74, 6) is -0.195. The van der Waals surface area contributed by atoms with Crippen LogP contribution in [0.25, 0.3) is 0 Å². The Morgan fingerprint density at radius 2 is 1.86 bits per heavy atom. The fourth-order valence-corrected chi connectivity index (χ4v) is 2.02. The minimum absolute atomic E-state index is 0.195. The molecular formula is C18H20N2O. The maximum atomic E-state index is 12.0. The van der Waals surface area contributed by atoms with Crippen molar-refractivity contribution < 1.29 is 4.79 Å². The molecule has 0 heterocycles. The van der Waals surface area contributed by atoms with E-state index < -0.39 is 0 Å². The van der Waals surface area contributed by atoms with Gasteiger partial charge in [0, 0.05) is 5.56 Å². The van der Waals surface area contributed by atoms with Crippen molar-refractivity contribution in [3.63, 3.8) is 0 Å². The number of amides is 1. The highest BCUT2D eigenvalue weighted by Crippen LogP contribution is 2.08. The second kappa shape index (κ2) is 6.84. The van der Waals surface area contributed by atoms with Crippen molar-refractivity contribution in [1.82, 2.24) is 5.43 Å². The van der Waals surface area contributed by atoms with E-state index in [1.165, 1.54) is 11.1 Å². The third-order valence-electron chi connectivity index (χ3n) is 3.43. The first-order valence-corrected chi connectivity index (χ1v) is 7.09. The minimum atomic E-state index is -0.195. The summed E-state index contributed by atoms with van der Waals surface area (Å²) < 4.78 is 0. The number of rotatable bonds is 4. The van der Waals surface area contributed by atoms with Crippen LogP contribution in [-0.4, -0.2) is 12.1 Å². The number of hydrazone groups is 1. The lowest BCUT2D eigenvalue weighted by molar-refractivity contribution is 0.0955. The van der Waals surface area contributed by atoms with Crippen LogP contribution >= 0.6 is 0 Å². The van der Waals surface area contributed by atoms with Gasteiger partial charge in [0.15, 0.2) is 0 Å². The van der Waals surface area contributed by atoms with Crippen LogP contribution in [-0.2, 0) is 6.42 Å². The molecule has 0 fully saturated rings. The van der Waals surface area contributed by atoms with Crippen LogP contribution in [0.15, 0.2) is 47.6 Å². The summed E-state index contributed by atoms with van der Waals surface area (Å²) in [6.07, 6.45) is 2.65. The molecule has 0 spiro atoms. The van der Waals surface area contributed by atoms with E-state index in [0.717, 1.165) is 17.5 Å². The quantitative estimate of drug-likeness (QED) is 0.674. The predicted molar refractivity (Wildman–Crippen MR) is 86.8 cm³/mol. The molecule has 3 nitrogen and oxygen atoms in total. The summed E-state index contributed by atoms with van der Waals surface area (Å²) in [4.78, 5) is 12.0. The molecular weight excluding hydrogens is 260 g/mol. The van der Waals surface area contributed by atoms with E-state index in [2.05, 4.69) is 23.5 Å². The molecule has 2 rings (SSSR count). The Morgan fingerprint density at radius 3 is 2.52 bits per heavy atom. The first-order valence-electron chi connectivity index (χ1n) is 7.09. The van der Waals surface area contributed by atoms with Crippen LogP contribution in [0.1, 0.15) is 39.5 Å². The van der Waals surface area contributed by atoms with Crippen LogP contribution in [0.4, 0.5) is 0 Å². The highest BCUT2D eigenvalue weighted by molar-refractivity contribution is 5.95. The molecule has 0 unspecified atom stereocenters. The molecule has 0 aliphatic rings. The molecule has 0 atom stereocenters. The molecule has 1 amide bonds. The van der Waals surface area contributed by atoms with Crippen LogP contribution in [0.2, 0.25) is 0 Å². The van der Waals surface area contributed by atoms with Gasteiger partial charge in [-0.05, 0) is 49.1 Å². The van der Waals surface area contributed by atoms with E-state index in [1.807, 2.05) is 50.2 Å². The smallest absolute Gasteiger partial charge is 0.267 e. The molecule has 0 aromatic heterocycles. The molecule has 0 aliphatic carbocycles. The van der Waals surface area contributed by atoms with E-state index in [9.17, 15) is 4.79 Å². The first-order chi connectivity index (χ1) is 10.1. The van der Waals surface area contributed by atoms with E-state index in [-0.39, 0.29) is 5.91 Å². The molecule has 2 aromatic carbocycles. The minimum Gasteiger partial charge on any atom is -0.267 e. The second-order valence-electron chi connectivity index (χ2n) is 5.11. The van der Waals surface area contributed by atoms with Gasteiger partial charge in [-0.2, -0.15) is 5.10 Å². The third kappa shape index (κ3) is 4.02. The maximum Gasteiger partial charge on any atom is 0.271 e. The second-order valence-corrected chi connectivity index (χ2v) is 5.11. The molecule has 0 saturated heterocycles. The fraction of sp³-hybridized carbons (Fsp3) is 0.222. The summed E-state index contributed by atoms with van der Waals surface area (Å²) >= 11 is 0. The number of benzene rings is 2. The molecule has 108 valence electrons. The zero-order valence-corrected chi connectivity index (χ0v) is 12.7. The number of carbonyl (C=O) groups is 1. The summed E-state index contributed by atoms with van der Waals surface area (Å²) in [7, 11) is 0. The Kier molecular flexibility index (Phi) is 4.88. The lowest BCUT2D eigenvalue weighted by Gasteiger charge is -2.03. The summed E-state index contributed by atoms with van der Waals surface area (Å²) in [6.45, 7) is 6.14. The van der Waals surface area contributed by atoms with Gasteiger partial charge >= 0.3 is 0 Å². The summed E-state index contributed by atoms with van der Waals surface area (Å²) in [6, 6.07) is 13.7. The third-order valence-corrected chi connectivity index (χ3v) is 3.43. The van der Waals surface area contributed by atoms with E-state index in [4.69, 9.17) is 0 Å². The van der Waals surface area contributed by atoms with E-state index in [0.29, 0.717) is 5.56 Å². The highest BCUT2D eigenvalue weighted by Gasteiger charge is 2.03. The molecule has 3 heteroatoms. The van der Waals surface area contributed by atoms with Gasteiger partial charge in [-0.3, -0.25) is 4.79 Å². The molecule has 1 N–H and O–H groups in total. The lowest BCUT2D eigenvalue weighted by atomic mass is 10.1. The van der Waals surface area contributed by atoms with Crippen molar-refractivity contribution >= 4 is 12.1 Å². The van der Waals surface area contributed by atoms with E-state index in [1.54, 1.807) is 6.21 Å². The van der Waals surface area contributed by atoms with Gasteiger partial charge in [-0.25, -0.2) is 5.43 Å². The SMILES string of the molecule is CCc1ccc(C(=O)N/N=C\c2cc(C)ccc2C)cc1. The summed E-state index contributed by atoms with van der Waals surface area (Å²) in [5, 5.41) is 4.04. The monoisotopic (exact) mass is 280 g/mol. The summed E-state index contributed by atoms with van der Waals surface area (Å²) in [5.41, 5.74) is 7.70. The Morgan fingerprint density at radius 1 is 1.14 bits per heavy atom. The van der Waals surface area contributed by atoms with Crippen LogP contribution < -0.4 is 5.43 Å². The Bertz CT molecular complexity index is 657. The van der Waals surface area contributed by atoms with Gasteiger partial charge in [-0.15, -0.1) is 0 Å². The first kappa shape index (κ1) is 15.0. The average molecular weight is 280 g/mol. The Labute approximate surface area is 125 Å². The van der Waals surface area contributed by atoms with Gasteiger partial charge in [0.1, 0.15) is 0 Å². The maximum absolute atomic E-state index is 12.0. The van der Waals surface area contributed by atoms with Gasteiger partial charge in [0.05, 0.1) is 6.21 Å². The zero-order chi connectivity index (χ0) is 15.2. The molecule has 0 radical (unpaired) electrons. The predicted octanol–water partition coefficient (Wildman–Crippen LogP) is 3.63. The molecule has 0 saturated carbocycles. The molecule has 2 aromatic rings. The van der Waals surface area contributed by atoms with Gasteiger partial charge in [-0.1, -0.05) is 42.8 Å². The molecule has 21 heavy (non-hydrogen) atoms. The number of hydrogen-bond donors (Lipinski definition) is 1. The van der Waals surface area contributed by atoms with Crippen LogP contribution in [0.5, 0.6) is 0 Å².